The van der Waals surface area contributed by atoms with E-state index in [0.29, 0.717) is 24.9 Å². The Hall–Kier alpha value is -0.990. The fourth-order valence-corrected chi connectivity index (χ4v) is 2.12. The zero-order chi connectivity index (χ0) is 13.9. The first kappa shape index (κ1) is 14.4. The molecule has 0 bridgehead atoms. The lowest BCUT2D eigenvalue weighted by Gasteiger charge is -2.19. The summed E-state index contributed by atoms with van der Waals surface area (Å²) in [5.74, 6) is 0.927. The summed E-state index contributed by atoms with van der Waals surface area (Å²) in [4.78, 5) is 4.36. The summed E-state index contributed by atoms with van der Waals surface area (Å²) in [5, 5.41) is 3.95. The van der Waals surface area contributed by atoms with E-state index in [1.807, 2.05) is 38.1 Å². The zero-order valence-corrected chi connectivity index (χ0v) is 13.0. The van der Waals surface area contributed by atoms with Crippen LogP contribution in [0.1, 0.15) is 19.7 Å². The molecule has 6 heteroatoms. The van der Waals surface area contributed by atoms with Crippen molar-refractivity contribution in [1.82, 2.24) is 10.1 Å². The third-order valence-electron chi connectivity index (χ3n) is 2.61. The van der Waals surface area contributed by atoms with Gasteiger partial charge in [-0.2, -0.15) is 4.98 Å². The van der Waals surface area contributed by atoms with Crippen LogP contribution in [0.25, 0.3) is 11.5 Å². The molecular weight excluding hydrogens is 357 g/mol. The van der Waals surface area contributed by atoms with Gasteiger partial charge in [0.05, 0.1) is 6.61 Å². The van der Waals surface area contributed by atoms with Gasteiger partial charge in [0.15, 0.2) is 5.82 Å². The van der Waals surface area contributed by atoms with Crippen LogP contribution < -0.4 is 5.73 Å². The van der Waals surface area contributed by atoms with Crippen LogP contribution in [0.4, 0.5) is 0 Å². The highest BCUT2D eigenvalue weighted by molar-refractivity contribution is 14.1. The number of nitrogens with zero attached hydrogens (tertiary/aromatic N) is 2. The molecule has 0 radical (unpaired) electrons. The van der Waals surface area contributed by atoms with Crippen molar-refractivity contribution in [3.05, 3.63) is 33.7 Å². The minimum Gasteiger partial charge on any atom is -0.379 e. The van der Waals surface area contributed by atoms with Crippen molar-refractivity contribution in [2.75, 3.05) is 13.2 Å². The molecule has 1 heterocycles. The summed E-state index contributed by atoms with van der Waals surface area (Å²) >= 11 is 2.24. The number of hydrogen-bond donors (Lipinski definition) is 1. The molecule has 0 aliphatic heterocycles. The molecule has 0 aliphatic carbocycles. The van der Waals surface area contributed by atoms with Crippen LogP contribution in [-0.2, 0) is 10.3 Å². The average Bonchev–Trinajstić information content (AvgIpc) is 2.87. The van der Waals surface area contributed by atoms with Crippen LogP contribution in [-0.4, -0.2) is 23.4 Å². The molecule has 0 fully saturated rings. The molecule has 2 aromatic rings. The molecule has 5 nitrogen and oxygen atoms in total. The van der Waals surface area contributed by atoms with Gasteiger partial charge in [0.1, 0.15) is 5.54 Å². The van der Waals surface area contributed by atoms with E-state index in [2.05, 4.69) is 32.7 Å². The first-order valence-corrected chi connectivity index (χ1v) is 7.07. The SMILES string of the molecule is CCOCC(C)(N)c1noc(-c2cccc(I)c2)n1. The Bertz CT molecular complexity index is 554. The van der Waals surface area contributed by atoms with Crippen LogP contribution in [0, 0.1) is 3.57 Å². The van der Waals surface area contributed by atoms with Gasteiger partial charge < -0.3 is 15.0 Å². The van der Waals surface area contributed by atoms with E-state index in [0.717, 1.165) is 9.13 Å². The number of benzene rings is 1. The van der Waals surface area contributed by atoms with Crippen molar-refractivity contribution in [1.29, 1.82) is 0 Å². The molecule has 0 saturated heterocycles. The molecule has 0 saturated carbocycles. The summed E-state index contributed by atoms with van der Waals surface area (Å²) in [6.07, 6.45) is 0. The standard InChI is InChI=1S/C13H16IN3O2/c1-3-18-8-13(2,15)12-16-11(19-17-12)9-5-4-6-10(14)7-9/h4-7H,3,8,15H2,1-2H3. The lowest BCUT2D eigenvalue weighted by atomic mass is 10.1. The average molecular weight is 373 g/mol. The van der Waals surface area contributed by atoms with Gasteiger partial charge in [-0.15, -0.1) is 0 Å². The molecular formula is C13H16IN3O2. The van der Waals surface area contributed by atoms with Crippen molar-refractivity contribution in [2.24, 2.45) is 5.73 Å². The third-order valence-corrected chi connectivity index (χ3v) is 3.29. The lowest BCUT2D eigenvalue weighted by Crippen LogP contribution is -2.39. The normalized spacial score (nSPS) is 14.3. The van der Waals surface area contributed by atoms with E-state index in [1.165, 1.54) is 0 Å². The van der Waals surface area contributed by atoms with Crippen LogP contribution in [0.15, 0.2) is 28.8 Å². The van der Waals surface area contributed by atoms with Gasteiger partial charge in [-0.25, -0.2) is 0 Å². The quantitative estimate of drug-likeness (QED) is 0.816. The first-order chi connectivity index (χ1) is 9.03. The topological polar surface area (TPSA) is 74.2 Å². The number of ether oxygens (including phenoxy) is 1. The number of hydrogen-bond acceptors (Lipinski definition) is 5. The molecule has 1 atom stereocenters. The van der Waals surface area contributed by atoms with Gasteiger partial charge in [0.25, 0.3) is 5.89 Å². The van der Waals surface area contributed by atoms with Crippen LogP contribution in [0.3, 0.4) is 0 Å². The second-order valence-electron chi connectivity index (χ2n) is 4.49. The smallest absolute Gasteiger partial charge is 0.258 e. The van der Waals surface area contributed by atoms with Crippen LogP contribution >= 0.6 is 22.6 Å². The highest BCUT2D eigenvalue weighted by Crippen LogP contribution is 2.22. The van der Waals surface area contributed by atoms with Crippen molar-refractivity contribution < 1.29 is 9.26 Å². The number of halogens is 1. The summed E-state index contributed by atoms with van der Waals surface area (Å²) < 4.78 is 11.7. The lowest BCUT2D eigenvalue weighted by molar-refractivity contribution is 0.0962. The molecule has 0 aliphatic rings. The highest BCUT2D eigenvalue weighted by atomic mass is 127. The Morgan fingerprint density at radius 1 is 1.47 bits per heavy atom. The van der Waals surface area contributed by atoms with Gasteiger partial charge in [0, 0.05) is 15.7 Å². The second kappa shape index (κ2) is 5.98. The molecule has 19 heavy (non-hydrogen) atoms. The maximum absolute atomic E-state index is 6.13. The van der Waals surface area contributed by atoms with Crippen molar-refractivity contribution in [3.63, 3.8) is 0 Å². The van der Waals surface area contributed by atoms with Crippen molar-refractivity contribution in [3.8, 4) is 11.5 Å². The fraction of sp³-hybridized carbons (Fsp3) is 0.385. The summed E-state index contributed by atoms with van der Waals surface area (Å²) in [6, 6.07) is 7.86. The van der Waals surface area contributed by atoms with Gasteiger partial charge in [0.2, 0.25) is 0 Å². The Labute approximate surface area is 125 Å². The number of nitrogens with two attached hydrogens (primary N) is 1. The molecule has 0 spiro atoms. The molecule has 1 aromatic carbocycles. The summed E-state index contributed by atoms with van der Waals surface area (Å²) in [7, 11) is 0. The number of aromatic nitrogens is 2. The molecule has 2 rings (SSSR count). The fourth-order valence-electron chi connectivity index (χ4n) is 1.57. The second-order valence-corrected chi connectivity index (χ2v) is 5.73. The molecule has 1 unspecified atom stereocenters. The van der Waals surface area contributed by atoms with Gasteiger partial charge >= 0.3 is 0 Å². The minimum atomic E-state index is -0.750. The monoisotopic (exact) mass is 373 g/mol. The third kappa shape index (κ3) is 3.52. The molecule has 0 amide bonds. The summed E-state index contributed by atoms with van der Waals surface area (Å²) in [5.41, 5.74) is 6.27. The molecule has 2 N–H and O–H groups in total. The summed E-state index contributed by atoms with van der Waals surface area (Å²) in [6.45, 7) is 4.71. The van der Waals surface area contributed by atoms with Gasteiger partial charge in [-0.3, -0.25) is 0 Å². The van der Waals surface area contributed by atoms with E-state index < -0.39 is 5.54 Å². The van der Waals surface area contributed by atoms with E-state index in [1.54, 1.807) is 0 Å². The van der Waals surface area contributed by atoms with Gasteiger partial charge in [-0.1, -0.05) is 11.2 Å². The van der Waals surface area contributed by atoms with Crippen LogP contribution in [0.2, 0.25) is 0 Å². The van der Waals surface area contributed by atoms with Crippen molar-refractivity contribution in [2.45, 2.75) is 19.4 Å². The predicted octanol–water partition coefficient (Wildman–Crippen LogP) is 2.55. The predicted molar refractivity (Wildman–Crippen MR) is 80.5 cm³/mol. The van der Waals surface area contributed by atoms with Crippen molar-refractivity contribution >= 4 is 22.6 Å². The number of rotatable bonds is 5. The van der Waals surface area contributed by atoms with E-state index >= 15 is 0 Å². The largest absolute Gasteiger partial charge is 0.379 e. The van der Waals surface area contributed by atoms with E-state index in [4.69, 9.17) is 15.0 Å². The maximum Gasteiger partial charge on any atom is 0.258 e. The van der Waals surface area contributed by atoms with Crippen LogP contribution in [0.5, 0.6) is 0 Å². The zero-order valence-electron chi connectivity index (χ0n) is 10.9. The van der Waals surface area contributed by atoms with Gasteiger partial charge in [-0.05, 0) is 54.6 Å². The first-order valence-electron chi connectivity index (χ1n) is 5.99. The Morgan fingerprint density at radius 2 is 2.26 bits per heavy atom. The molecule has 1 aromatic heterocycles. The minimum absolute atomic E-state index is 0.356. The maximum atomic E-state index is 6.13. The Kier molecular flexibility index (Phi) is 4.54. The van der Waals surface area contributed by atoms with E-state index in [9.17, 15) is 0 Å². The Balaban J connectivity index is 2.23. The Morgan fingerprint density at radius 3 is 2.95 bits per heavy atom. The van der Waals surface area contributed by atoms with E-state index in [-0.39, 0.29) is 0 Å². The molecule has 102 valence electrons. The highest BCUT2D eigenvalue weighted by Gasteiger charge is 2.28.